The summed E-state index contributed by atoms with van der Waals surface area (Å²) in [5.74, 6) is -0.801. The van der Waals surface area contributed by atoms with Crippen LogP contribution in [0.5, 0.6) is 0 Å². The van der Waals surface area contributed by atoms with Crippen LogP contribution < -0.4 is 0 Å². The Morgan fingerprint density at radius 3 is 2.89 bits per heavy atom. The molecule has 0 radical (unpaired) electrons. The van der Waals surface area contributed by atoms with Crippen LogP contribution in [0.1, 0.15) is 37.3 Å². The molecular formula is C20H23F2N3O2. The summed E-state index contributed by atoms with van der Waals surface area (Å²) in [7, 11) is 0. The van der Waals surface area contributed by atoms with Gasteiger partial charge in [0.15, 0.2) is 0 Å². The number of rotatable bonds is 5. The maximum atomic E-state index is 14.2. The van der Waals surface area contributed by atoms with Gasteiger partial charge < -0.3 is 14.4 Å². The van der Waals surface area contributed by atoms with E-state index in [2.05, 4.69) is 10.2 Å². The smallest absolute Gasteiger partial charge is 0.227 e. The van der Waals surface area contributed by atoms with Gasteiger partial charge in [0.2, 0.25) is 6.23 Å². The fraction of sp³-hybridized carbons (Fsp3) is 0.500. The highest BCUT2D eigenvalue weighted by Gasteiger charge is 2.30. The second-order valence-corrected chi connectivity index (χ2v) is 7.02. The van der Waals surface area contributed by atoms with Gasteiger partial charge in [-0.3, -0.25) is 0 Å². The summed E-state index contributed by atoms with van der Waals surface area (Å²) >= 11 is 0. The zero-order valence-electron chi connectivity index (χ0n) is 15.1. The molecule has 0 aromatic heterocycles. The highest BCUT2D eigenvalue weighted by atomic mass is 19.1. The number of hydrogen-bond acceptors (Lipinski definition) is 5. The number of allylic oxidation sites excluding steroid dienone is 1. The lowest BCUT2D eigenvalue weighted by Crippen LogP contribution is -2.25. The van der Waals surface area contributed by atoms with Crippen molar-refractivity contribution in [3.8, 4) is 0 Å². The number of hydrogen-bond donors (Lipinski definition) is 0. The third-order valence-corrected chi connectivity index (χ3v) is 5.17. The summed E-state index contributed by atoms with van der Waals surface area (Å²) in [6.45, 7) is 2.12. The Hall–Kier alpha value is -2.28. The summed E-state index contributed by atoms with van der Waals surface area (Å²) in [4.78, 5) is 2.05. The molecule has 3 aliphatic rings. The molecule has 3 aliphatic heterocycles. The average molecular weight is 375 g/mol. The van der Waals surface area contributed by atoms with Crippen LogP contribution in [0.15, 0.2) is 52.5 Å². The summed E-state index contributed by atoms with van der Waals surface area (Å²) in [5.41, 5.74) is 1.23. The maximum absolute atomic E-state index is 14.2. The Labute approximate surface area is 157 Å². The van der Waals surface area contributed by atoms with E-state index in [1.54, 1.807) is 6.26 Å². The molecule has 144 valence electrons. The zero-order chi connectivity index (χ0) is 18.6. The molecule has 27 heavy (non-hydrogen) atoms. The molecule has 1 aromatic carbocycles. The summed E-state index contributed by atoms with van der Waals surface area (Å²) in [5, 5.41) is 8.35. The first-order valence-electron chi connectivity index (χ1n) is 9.44. The van der Waals surface area contributed by atoms with Crippen molar-refractivity contribution in [1.82, 2.24) is 4.90 Å². The monoisotopic (exact) mass is 375 g/mol. The van der Waals surface area contributed by atoms with Crippen LogP contribution in [0.3, 0.4) is 0 Å². The SMILES string of the molecule is Fc1ccc(F)c([C@H]2CCCN2C2=COC(N=NC[C@@H]3CCCO3)C=C2)c1. The molecule has 7 heteroatoms. The quantitative estimate of drug-likeness (QED) is 0.713. The van der Waals surface area contributed by atoms with Crippen molar-refractivity contribution in [2.75, 3.05) is 19.7 Å². The van der Waals surface area contributed by atoms with E-state index >= 15 is 0 Å². The Bertz CT molecular complexity index is 760. The van der Waals surface area contributed by atoms with Gasteiger partial charge >= 0.3 is 0 Å². The number of azo groups is 1. The maximum Gasteiger partial charge on any atom is 0.227 e. The molecule has 2 saturated heterocycles. The summed E-state index contributed by atoms with van der Waals surface area (Å²) in [6.07, 6.45) is 8.87. The molecule has 1 aromatic rings. The van der Waals surface area contributed by atoms with Crippen molar-refractivity contribution in [2.45, 2.75) is 44.1 Å². The molecule has 0 bridgehead atoms. The third-order valence-electron chi connectivity index (χ3n) is 5.17. The molecule has 2 fully saturated rings. The highest BCUT2D eigenvalue weighted by molar-refractivity contribution is 5.28. The van der Waals surface area contributed by atoms with Crippen LogP contribution in [0.2, 0.25) is 0 Å². The van der Waals surface area contributed by atoms with E-state index in [1.165, 1.54) is 12.1 Å². The molecule has 0 spiro atoms. The second-order valence-electron chi connectivity index (χ2n) is 7.02. The van der Waals surface area contributed by atoms with E-state index in [0.717, 1.165) is 50.6 Å². The molecule has 4 rings (SSSR count). The van der Waals surface area contributed by atoms with Crippen molar-refractivity contribution < 1.29 is 18.3 Å². The van der Waals surface area contributed by atoms with Crippen LogP contribution in [-0.2, 0) is 9.47 Å². The molecule has 0 aliphatic carbocycles. The molecule has 3 heterocycles. The first-order chi connectivity index (χ1) is 13.2. The van der Waals surface area contributed by atoms with Gasteiger partial charge in [0, 0.05) is 18.7 Å². The van der Waals surface area contributed by atoms with E-state index in [-0.39, 0.29) is 18.0 Å². The predicted octanol–water partition coefficient (Wildman–Crippen LogP) is 4.49. The van der Waals surface area contributed by atoms with Crippen LogP contribution in [0.25, 0.3) is 0 Å². The first-order valence-corrected chi connectivity index (χ1v) is 9.44. The second kappa shape index (κ2) is 8.17. The van der Waals surface area contributed by atoms with Gasteiger partial charge in [-0.2, -0.15) is 5.11 Å². The van der Waals surface area contributed by atoms with Crippen molar-refractivity contribution in [3.05, 3.63) is 59.5 Å². The molecule has 1 unspecified atom stereocenters. The molecule has 0 saturated carbocycles. The van der Waals surface area contributed by atoms with Crippen molar-refractivity contribution in [1.29, 1.82) is 0 Å². The highest BCUT2D eigenvalue weighted by Crippen LogP contribution is 2.37. The lowest BCUT2D eigenvalue weighted by molar-refractivity contribution is 0.114. The Morgan fingerprint density at radius 2 is 2.11 bits per heavy atom. The minimum absolute atomic E-state index is 0.166. The van der Waals surface area contributed by atoms with E-state index in [9.17, 15) is 8.78 Å². The lowest BCUT2D eigenvalue weighted by Gasteiger charge is -2.29. The topological polar surface area (TPSA) is 46.4 Å². The van der Waals surface area contributed by atoms with Crippen LogP contribution in [0, 0.1) is 11.6 Å². The molecule has 5 nitrogen and oxygen atoms in total. The van der Waals surface area contributed by atoms with Gasteiger partial charge in [-0.25, -0.2) is 8.78 Å². The van der Waals surface area contributed by atoms with Gasteiger partial charge in [-0.05, 0) is 56.0 Å². The molecule has 0 amide bonds. The number of nitrogens with zero attached hydrogens (tertiary/aromatic N) is 3. The minimum atomic E-state index is -0.456. The molecular weight excluding hydrogens is 352 g/mol. The van der Waals surface area contributed by atoms with E-state index in [0.29, 0.717) is 12.1 Å². The normalized spacial score (nSPS) is 28.0. The van der Waals surface area contributed by atoms with Crippen molar-refractivity contribution in [3.63, 3.8) is 0 Å². The van der Waals surface area contributed by atoms with Gasteiger partial charge in [0.05, 0.1) is 24.4 Å². The molecule has 0 N–H and O–H groups in total. The minimum Gasteiger partial charge on any atom is -0.469 e. The summed E-state index contributed by atoms with van der Waals surface area (Å²) in [6, 6.07) is 3.42. The van der Waals surface area contributed by atoms with Crippen LogP contribution in [0.4, 0.5) is 8.78 Å². The zero-order valence-corrected chi connectivity index (χ0v) is 15.1. The number of likely N-dealkylation sites (tertiary alicyclic amines) is 1. The van der Waals surface area contributed by atoms with E-state index in [4.69, 9.17) is 9.47 Å². The third kappa shape index (κ3) is 4.18. The molecule has 3 atom stereocenters. The largest absolute Gasteiger partial charge is 0.469 e. The number of benzene rings is 1. The van der Waals surface area contributed by atoms with Gasteiger partial charge in [-0.1, -0.05) is 0 Å². The Morgan fingerprint density at radius 1 is 1.19 bits per heavy atom. The summed E-state index contributed by atoms with van der Waals surface area (Å²) < 4.78 is 38.9. The van der Waals surface area contributed by atoms with E-state index in [1.807, 2.05) is 17.1 Å². The first kappa shape index (κ1) is 18.1. The fourth-order valence-corrected chi connectivity index (χ4v) is 3.81. The lowest BCUT2D eigenvalue weighted by atomic mass is 10.0. The number of halogens is 2. The Balaban J connectivity index is 1.39. The van der Waals surface area contributed by atoms with Gasteiger partial charge in [-0.15, -0.1) is 5.11 Å². The number of ether oxygens (including phenoxy) is 2. The van der Waals surface area contributed by atoms with E-state index < -0.39 is 12.0 Å². The standard InChI is InChI=1S/C20H23F2N3O2/c21-14-5-7-18(22)17(11-14)19-4-1-9-25(19)15-6-8-20(27-13-15)24-23-12-16-3-2-10-26-16/h5-8,11,13,16,19-20H,1-4,9-10,12H2/t16-,19+,20?/m0/s1. The van der Waals surface area contributed by atoms with Gasteiger partial charge in [0.1, 0.15) is 17.9 Å². The fourth-order valence-electron chi connectivity index (χ4n) is 3.81. The van der Waals surface area contributed by atoms with Crippen molar-refractivity contribution >= 4 is 0 Å². The Kier molecular flexibility index (Phi) is 5.48. The average Bonchev–Trinajstić information content (AvgIpc) is 3.36. The predicted molar refractivity (Wildman–Crippen MR) is 95.8 cm³/mol. The van der Waals surface area contributed by atoms with Crippen molar-refractivity contribution in [2.24, 2.45) is 10.2 Å². The van der Waals surface area contributed by atoms with Crippen LogP contribution >= 0.6 is 0 Å². The van der Waals surface area contributed by atoms with Crippen LogP contribution in [-0.4, -0.2) is 36.9 Å². The van der Waals surface area contributed by atoms with Gasteiger partial charge in [0.25, 0.3) is 0 Å².